The van der Waals surface area contributed by atoms with Crippen molar-refractivity contribution in [1.82, 2.24) is 9.47 Å². The van der Waals surface area contributed by atoms with Crippen molar-refractivity contribution in [3.8, 4) is 0 Å². The summed E-state index contributed by atoms with van der Waals surface area (Å²) in [6, 6.07) is 13.5. The summed E-state index contributed by atoms with van der Waals surface area (Å²) in [5, 5.41) is 0.557. The standard InChI is InChI=1S/C17H17ClN2O2/c1-12-5-3-4-6-13(12)10-19(2)11-20-15-8-7-14(18)9-16(15)22-17(20)21/h3-9H,10-11H2,1-2H3. The molecule has 3 rings (SSSR count). The molecule has 1 heterocycles. The van der Waals surface area contributed by atoms with Crippen LogP contribution in [0.3, 0.4) is 0 Å². The van der Waals surface area contributed by atoms with E-state index >= 15 is 0 Å². The van der Waals surface area contributed by atoms with Gasteiger partial charge in [0.25, 0.3) is 0 Å². The van der Waals surface area contributed by atoms with Gasteiger partial charge in [-0.1, -0.05) is 35.9 Å². The van der Waals surface area contributed by atoms with Crippen LogP contribution in [0.25, 0.3) is 11.1 Å². The normalized spacial score (nSPS) is 11.5. The molecule has 0 spiro atoms. The van der Waals surface area contributed by atoms with E-state index in [0.29, 0.717) is 17.3 Å². The first-order valence-electron chi connectivity index (χ1n) is 7.06. The second-order valence-corrected chi connectivity index (χ2v) is 5.93. The molecule has 3 aromatic rings. The Bertz CT molecular complexity index is 866. The fourth-order valence-corrected chi connectivity index (χ4v) is 2.71. The average molecular weight is 317 g/mol. The lowest BCUT2D eigenvalue weighted by Crippen LogP contribution is -2.27. The number of hydrogen-bond acceptors (Lipinski definition) is 3. The van der Waals surface area contributed by atoms with Crippen LogP contribution in [0.4, 0.5) is 0 Å². The summed E-state index contributed by atoms with van der Waals surface area (Å²) < 4.78 is 6.87. The van der Waals surface area contributed by atoms with Gasteiger partial charge in [-0.25, -0.2) is 4.79 Å². The van der Waals surface area contributed by atoms with Gasteiger partial charge in [0.05, 0.1) is 12.2 Å². The topological polar surface area (TPSA) is 38.4 Å². The van der Waals surface area contributed by atoms with E-state index in [1.807, 2.05) is 25.2 Å². The Morgan fingerprint density at radius 2 is 2.00 bits per heavy atom. The molecular formula is C17H17ClN2O2. The van der Waals surface area contributed by atoms with Crippen molar-refractivity contribution in [3.05, 3.63) is 69.2 Å². The minimum absolute atomic E-state index is 0.367. The fraction of sp³-hybridized carbons (Fsp3) is 0.235. The number of benzene rings is 2. The summed E-state index contributed by atoms with van der Waals surface area (Å²) in [6.07, 6.45) is 0. The van der Waals surface area contributed by atoms with Gasteiger partial charge < -0.3 is 4.42 Å². The zero-order valence-electron chi connectivity index (χ0n) is 12.5. The van der Waals surface area contributed by atoms with Crippen molar-refractivity contribution in [1.29, 1.82) is 0 Å². The molecule has 0 saturated carbocycles. The smallest absolute Gasteiger partial charge is 0.408 e. The van der Waals surface area contributed by atoms with Gasteiger partial charge in [0.15, 0.2) is 5.58 Å². The monoisotopic (exact) mass is 316 g/mol. The molecule has 0 saturated heterocycles. The Labute approximate surface area is 133 Å². The molecule has 0 N–H and O–H groups in total. The predicted octanol–water partition coefficient (Wildman–Crippen LogP) is 3.65. The minimum atomic E-state index is -0.367. The van der Waals surface area contributed by atoms with E-state index in [2.05, 4.69) is 24.0 Å². The zero-order valence-corrected chi connectivity index (χ0v) is 13.3. The van der Waals surface area contributed by atoms with Crippen molar-refractivity contribution >= 4 is 22.7 Å². The van der Waals surface area contributed by atoms with Crippen LogP contribution in [-0.2, 0) is 13.2 Å². The van der Waals surface area contributed by atoms with Crippen molar-refractivity contribution in [2.75, 3.05) is 7.05 Å². The van der Waals surface area contributed by atoms with E-state index in [4.69, 9.17) is 16.0 Å². The Hall–Kier alpha value is -2.04. The van der Waals surface area contributed by atoms with Crippen LogP contribution in [-0.4, -0.2) is 16.5 Å². The first kappa shape index (κ1) is 14.9. The molecule has 0 amide bonds. The quantitative estimate of drug-likeness (QED) is 0.737. The highest BCUT2D eigenvalue weighted by Gasteiger charge is 2.12. The molecule has 0 aliphatic carbocycles. The molecule has 0 radical (unpaired) electrons. The maximum Gasteiger partial charge on any atom is 0.421 e. The molecule has 114 valence electrons. The fourth-order valence-electron chi connectivity index (χ4n) is 2.54. The van der Waals surface area contributed by atoms with E-state index in [0.717, 1.165) is 12.1 Å². The zero-order chi connectivity index (χ0) is 15.7. The number of fused-ring (bicyclic) bond motifs is 1. The van der Waals surface area contributed by atoms with Crippen LogP contribution in [0.5, 0.6) is 0 Å². The molecule has 5 heteroatoms. The van der Waals surface area contributed by atoms with Crippen LogP contribution in [0.2, 0.25) is 5.02 Å². The second kappa shape index (κ2) is 5.99. The molecule has 4 nitrogen and oxygen atoms in total. The highest BCUT2D eigenvalue weighted by atomic mass is 35.5. The maximum absolute atomic E-state index is 12.0. The van der Waals surface area contributed by atoms with E-state index < -0.39 is 0 Å². The minimum Gasteiger partial charge on any atom is -0.408 e. The third kappa shape index (κ3) is 2.93. The highest BCUT2D eigenvalue weighted by Crippen LogP contribution is 2.19. The van der Waals surface area contributed by atoms with Gasteiger partial charge in [0, 0.05) is 17.6 Å². The second-order valence-electron chi connectivity index (χ2n) is 5.49. The van der Waals surface area contributed by atoms with Crippen molar-refractivity contribution in [2.24, 2.45) is 0 Å². The molecule has 0 aliphatic rings. The van der Waals surface area contributed by atoms with Gasteiger partial charge in [-0.15, -0.1) is 0 Å². The largest absolute Gasteiger partial charge is 0.421 e. The van der Waals surface area contributed by atoms with Gasteiger partial charge >= 0.3 is 5.76 Å². The van der Waals surface area contributed by atoms with Crippen molar-refractivity contribution in [3.63, 3.8) is 0 Å². The number of nitrogens with zero attached hydrogens (tertiary/aromatic N) is 2. The Morgan fingerprint density at radius 1 is 1.23 bits per heavy atom. The molecule has 1 aromatic heterocycles. The van der Waals surface area contributed by atoms with Crippen LogP contribution < -0.4 is 5.76 Å². The molecule has 2 aromatic carbocycles. The number of oxazole rings is 1. The number of aryl methyl sites for hydroxylation is 1. The van der Waals surface area contributed by atoms with E-state index in [1.165, 1.54) is 11.1 Å². The molecule has 0 atom stereocenters. The molecule has 0 aliphatic heterocycles. The molecule has 0 unspecified atom stereocenters. The number of hydrogen-bond donors (Lipinski definition) is 0. The summed E-state index contributed by atoms with van der Waals surface area (Å²) in [5.74, 6) is -0.367. The number of rotatable bonds is 4. The lowest BCUT2D eigenvalue weighted by atomic mass is 10.1. The summed E-state index contributed by atoms with van der Waals surface area (Å²) in [4.78, 5) is 14.1. The number of halogens is 1. The van der Waals surface area contributed by atoms with E-state index in [1.54, 1.807) is 16.7 Å². The van der Waals surface area contributed by atoms with Crippen LogP contribution >= 0.6 is 11.6 Å². The molecule has 0 fully saturated rings. The van der Waals surface area contributed by atoms with Crippen LogP contribution in [0.15, 0.2) is 51.7 Å². The van der Waals surface area contributed by atoms with Gasteiger partial charge in [0.1, 0.15) is 0 Å². The summed E-state index contributed by atoms with van der Waals surface area (Å²) in [7, 11) is 1.98. The van der Waals surface area contributed by atoms with Crippen molar-refractivity contribution < 1.29 is 4.42 Å². The summed E-state index contributed by atoms with van der Waals surface area (Å²) >= 11 is 5.93. The third-order valence-corrected chi connectivity index (χ3v) is 3.95. The Kier molecular flexibility index (Phi) is 4.05. The first-order valence-corrected chi connectivity index (χ1v) is 7.44. The van der Waals surface area contributed by atoms with E-state index in [-0.39, 0.29) is 5.76 Å². The lowest BCUT2D eigenvalue weighted by molar-refractivity contribution is 0.253. The highest BCUT2D eigenvalue weighted by molar-refractivity contribution is 6.31. The van der Waals surface area contributed by atoms with Crippen LogP contribution in [0.1, 0.15) is 11.1 Å². The molecule has 0 bridgehead atoms. The SMILES string of the molecule is Cc1ccccc1CN(C)Cn1c(=O)oc2cc(Cl)ccc21. The van der Waals surface area contributed by atoms with Gasteiger partial charge in [-0.3, -0.25) is 9.47 Å². The predicted molar refractivity (Wildman–Crippen MR) is 88.1 cm³/mol. The molecule has 22 heavy (non-hydrogen) atoms. The van der Waals surface area contributed by atoms with Crippen molar-refractivity contribution in [2.45, 2.75) is 20.1 Å². The Morgan fingerprint density at radius 3 is 2.77 bits per heavy atom. The summed E-state index contributed by atoms with van der Waals surface area (Å²) in [6.45, 7) is 3.31. The maximum atomic E-state index is 12.0. The third-order valence-electron chi connectivity index (χ3n) is 3.71. The van der Waals surface area contributed by atoms with Gasteiger partial charge in [0.2, 0.25) is 0 Å². The van der Waals surface area contributed by atoms with E-state index in [9.17, 15) is 4.79 Å². The number of aromatic nitrogens is 1. The summed E-state index contributed by atoms with van der Waals surface area (Å²) in [5.41, 5.74) is 3.76. The lowest BCUT2D eigenvalue weighted by Gasteiger charge is -2.18. The van der Waals surface area contributed by atoms with Gasteiger partial charge in [-0.2, -0.15) is 0 Å². The average Bonchev–Trinajstić information content (AvgIpc) is 2.77. The van der Waals surface area contributed by atoms with Gasteiger partial charge in [-0.05, 0) is 37.2 Å². The molecular weight excluding hydrogens is 300 g/mol. The Balaban J connectivity index is 1.85. The van der Waals surface area contributed by atoms with Crippen LogP contribution in [0, 0.1) is 6.92 Å². The first-order chi connectivity index (χ1) is 10.5.